The minimum absolute atomic E-state index is 0. The van der Waals surface area contributed by atoms with Gasteiger partial charge in [0.1, 0.15) is 0 Å². The first-order chi connectivity index (χ1) is 4.95. The van der Waals surface area contributed by atoms with Crippen molar-refractivity contribution in [2.45, 2.75) is 38.4 Å². The molecule has 0 saturated carbocycles. The van der Waals surface area contributed by atoms with E-state index >= 15 is 0 Å². The Kier molecular flexibility index (Phi) is 10.5. The summed E-state index contributed by atoms with van der Waals surface area (Å²) in [4.78, 5) is 21.2. The molecule has 68 valence electrons. The number of hydrogen-bond acceptors (Lipinski definition) is 4. The van der Waals surface area contributed by atoms with Crippen LogP contribution in [0.2, 0.25) is 0 Å². The van der Waals surface area contributed by atoms with Crippen molar-refractivity contribution in [2.24, 2.45) is 0 Å². The molecular weight excluding hydrogens is 265 g/mol. The van der Waals surface area contributed by atoms with Crippen LogP contribution < -0.4 is 9.79 Å². The Hall–Kier alpha value is 1.54. The van der Waals surface area contributed by atoms with E-state index in [-0.39, 0.29) is 24.7 Å². The molecule has 0 fully saturated rings. The normalized spacial score (nSPS) is 13.7. The van der Waals surface area contributed by atoms with Gasteiger partial charge in [-0.05, 0) is 6.42 Å². The van der Waals surface area contributed by atoms with Crippen molar-refractivity contribution in [3.8, 4) is 0 Å². The molecule has 1 atom stereocenters. The molecule has 0 aromatic heterocycles. The Morgan fingerprint density at radius 3 is 2.33 bits per heavy atom. The standard InChI is InChI=1S/C6H15O2PS2.Zn/c1-3-4-5-6(2)11-9(7,8)10;/h6H,3-5H2,1-2H3,(H2,7,8,10);/q;+2/p-2. The van der Waals surface area contributed by atoms with E-state index in [0.29, 0.717) is 0 Å². The van der Waals surface area contributed by atoms with Gasteiger partial charge in [-0.1, -0.05) is 26.7 Å². The second kappa shape index (κ2) is 7.90. The van der Waals surface area contributed by atoms with E-state index in [1.165, 1.54) is 0 Å². The molecule has 0 amide bonds. The first-order valence-corrected chi connectivity index (χ1v) is 7.78. The van der Waals surface area contributed by atoms with Crippen LogP contribution in [0.15, 0.2) is 0 Å². The summed E-state index contributed by atoms with van der Waals surface area (Å²) in [5, 5.41) is 0.149. The van der Waals surface area contributed by atoms with Crippen LogP contribution >= 0.6 is 17.1 Å². The number of unbranched alkanes of at least 4 members (excludes halogenated alkanes) is 1. The molecule has 1 unspecified atom stereocenters. The van der Waals surface area contributed by atoms with Gasteiger partial charge in [0.05, 0.1) is 0 Å². The summed E-state index contributed by atoms with van der Waals surface area (Å²) < 4.78 is 0. The Morgan fingerprint density at radius 1 is 1.50 bits per heavy atom. The molecule has 0 aliphatic rings. The summed E-state index contributed by atoms with van der Waals surface area (Å²) in [7, 11) is 0. The molecule has 0 bridgehead atoms. The van der Waals surface area contributed by atoms with E-state index in [0.717, 1.165) is 30.6 Å². The molecule has 2 nitrogen and oxygen atoms in total. The van der Waals surface area contributed by atoms with Gasteiger partial charge in [0.25, 0.3) is 0 Å². The Labute approximate surface area is 96.2 Å². The van der Waals surface area contributed by atoms with Gasteiger partial charge in [0.15, 0.2) is 0 Å². The summed E-state index contributed by atoms with van der Waals surface area (Å²) in [6.45, 7) is 3.99. The fraction of sp³-hybridized carbons (Fsp3) is 1.00. The third-order valence-electron chi connectivity index (χ3n) is 1.27. The quantitative estimate of drug-likeness (QED) is 0.560. The molecule has 0 heterocycles. The maximum atomic E-state index is 10.6. The van der Waals surface area contributed by atoms with Crippen molar-refractivity contribution in [3.05, 3.63) is 0 Å². The van der Waals surface area contributed by atoms with Gasteiger partial charge in [0, 0.05) is 5.25 Å². The molecule has 0 aliphatic heterocycles. The first-order valence-electron chi connectivity index (χ1n) is 3.66. The van der Waals surface area contributed by atoms with Gasteiger partial charge in [-0.2, -0.15) is 17.1 Å². The average Bonchev–Trinajstić information content (AvgIpc) is 1.79. The average molecular weight is 278 g/mol. The minimum Gasteiger partial charge on any atom is -0.825 e. The minimum atomic E-state index is -3.51. The van der Waals surface area contributed by atoms with Crippen molar-refractivity contribution in [3.63, 3.8) is 0 Å². The van der Waals surface area contributed by atoms with Gasteiger partial charge >= 0.3 is 19.5 Å². The van der Waals surface area contributed by atoms with Crippen molar-refractivity contribution in [1.29, 1.82) is 0 Å². The van der Waals surface area contributed by atoms with Gasteiger partial charge in [-0.3, -0.25) is 0 Å². The Morgan fingerprint density at radius 2 is 2.00 bits per heavy atom. The number of hydrogen-bond donors (Lipinski definition) is 0. The third kappa shape index (κ3) is 11.5. The van der Waals surface area contributed by atoms with Gasteiger partial charge in [-0.25, -0.2) is 0 Å². The smallest absolute Gasteiger partial charge is 0.825 e. The molecular formula is C6H13O2PS2Zn. The monoisotopic (exact) mass is 276 g/mol. The second-order valence-corrected chi connectivity index (χ2v) is 8.63. The zero-order chi connectivity index (χ0) is 8.91. The molecule has 0 aliphatic carbocycles. The van der Waals surface area contributed by atoms with E-state index in [2.05, 4.69) is 18.7 Å². The predicted molar refractivity (Wildman–Crippen MR) is 50.9 cm³/mol. The molecule has 12 heavy (non-hydrogen) atoms. The van der Waals surface area contributed by atoms with Crippen molar-refractivity contribution >= 4 is 28.9 Å². The molecule has 0 rings (SSSR count). The maximum absolute atomic E-state index is 10.6. The van der Waals surface area contributed by atoms with Crippen molar-refractivity contribution in [1.82, 2.24) is 0 Å². The van der Waals surface area contributed by atoms with Crippen LogP contribution in [0.5, 0.6) is 0 Å². The molecule has 0 N–H and O–H groups in total. The van der Waals surface area contributed by atoms with Crippen LogP contribution in [0.3, 0.4) is 0 Å². The molecule has 0 spiro atoms. The SMILES string of the molecule is CCCCC(C)SP([O-])([O-])=S.[Zn+2]. The molecule has 0 aromatic rings. The van der Waals surface area contributed by atoms with Crippen LogP contribution in [0.1, 0.15) is 33.1 Å². The van der Waals surface area contributed by atoms with Gasteiger partial charge in [-0.15, -0.1) is 11.8 Å². The van der Waals surface area contributed by atoms with E-state index in [9.17, 15) is 9.79 Å². The van der Waals surface area contributed by atoms with E-state index in [1.807, 2.05) is 6.92 Å². The van der Waals surface area contributed by atoms with E-state index in [1.54, 1.807) is 0 Å². The van der Waals surface area contributed by atoms with Crippen molar-refractivity contribution < 1.29 is 29.3 Å². The van der Waals surface area contributed by atoms with Crippen molar-refractivity contribution in [2.75, 3.05) is 0 Å². The Bertz CT molecular complexity index is 150. The third-order valence-corrected chi connectivity index (χ3v) is 4.76. The zero-order valence-electron chi connectivity index (χ0n) is 7.49. The summed E-state index contributed by atoms with van der Waals surface area (Å²) >= 11 is 5.19. The van der Waals surface area contributed by atoms with E-state index < -0.39 is 5.69 Å². The fourth-order valence-electron chi connectivity index (χ4n) is 0.765. The van der Waals surface area contributed by atoms with Gasteiger partial charge < -0.3 is 9.79 Å². The van der Waals surface area contributed by atoms with Gasteiger partial charge in [0.2, 0.25) is 0 Å². The van der Waals surface area contributed by atoms with Crippen LogP contribution in [-0.2, 0) is 31.3 Å². The first kappa shape index (κ1) is 16.0. The van der Waals surface area contributed by atoms with E-state index in [4.69, 9.17) is 0 Å². The largest absolute Gasteiger partial charge is 2.00 e. The topological polar surface area (TPSA) is 46.1 Å². The summed E-state index contributed by atoms with van der Waals surface area (Å²) in [6.07, 6.45) is 3.11. The fourth-order valence-corrected chi connectivity index (χ4v) is 4.44. The van der Waals surface area contributed by atoms with Crippen LogP contribution in [-0.4, -0.2) is 5.25 Å². The molecule has 0 radical (unpaired) electrons. The van der Waals surface area contributed by atoms with Crippen LogP contribution in [0.25, 0.3) is 0 Å². The van der Waals surface area contributed by atoms with Crippen LogP contribution in [0, 0.1) is 0 Å². The summed E-state index contributed by atoms with van der Waals surface area (Å²) in [5.41, 5.74) is -3.51. The summed E-state index contributed by atoms with van der Waals surface area (Å²) in [6, 6.07) is 0. The van der Waals surface area contributed by atoms with Crippen LogP contribution in [0.4, 0.5) is 0 Å². The summed E-state index contributed by atoms with van der Waals surface area (Å²) in [5.74, 6) is 0. The second-order valence-electron chi connectivity index (χ2n) is 2.51. The predicted octanol–water partition coefficient (Wildman–Crippen LogP) is 1.24. The maximum Gasteiger partial charge on any atom is 2.00 e. The Balaban J connectivity index is 0. The molecule has 6 heteroatoms. The molecule has 0 saturated heterocycles. The molecule has 0 aromatic carbocycles. The number of rotatable bonds is 5. The zero-order valence-corrected chi connectivity index (χ0v) is 13.0.